The summed E-state index contributed by atoms with van der Waals surface area (Å²) in [4.78, 5) is 16.2. The molecule has 2 heterocycles. The minimum Gasteiger partial charge on any atom is -0.489 e. The number of nitrogens with one attached hydrogen (secondary N) is 1. The molecular formula is C19H16ClN3O5S. The van der Waals surface area contributed by atoms with Crippen molar-refractivity contribution in [1.29, 1.82) is 0 Å². The Bertz CT molecular complexity index is 1190. The number of carbonyl (C=O) groups excluding carboxylic acids is 1. The molecule has 1 N–H and O–H groups in total. The van der Waals surface area contributed by atoms with Gasteiger partial charge in [-0.3, -0.25) is 9.10 Å². The zero-order chi connectivity index (χ0) is 20.6. The summed E-state index contributed by atoms with van der Waals surface area (Å²) in [5, 5.41) is 3.08. The highest BCUT2D eigenvalue weighted by molar-refractivity contribution is 7.92. The van der Waals surface area contributed by atoms with Crippen molar-refractivity contribution in [3.05, 3.63) is 65.3 Å². The van der Waals surface area contributed by atoms with Crippen molar-refractivity contribution in [3.63, 3.8) is 0 Å². The Hall–Kier alpha value is -3.04. The van der Waals surface area contributed by atoms with Gasteiger partial charge in [-0.05, 0) is 37.3 Å². The quantitative estimate of drug-likeness (QED) is 0.675. The van der Waals surface area contributed by atoms with Gasteiger partial charge < -0.3 is 14.5 Å². The van der Waals surface area contributed by atoms with E-state index in [1.54, 1.807) is 37.3 Å². The van der Waals surface area contributed by atoms with Crippen LogP contribution in [-0.4, -0.2) is 32.5 Å². The molecule has 0 saturated heterocycles. The topological polar surface area (TPSA) is 102 Å². The summed E-state index contributed by atoms with van der Waals surface area (Å²) in [5.74, 6) is -0.0456. The van der Waals surface area contributed by atoms with Gasteiger partial charge >= 0.3 is 0 Å². The molecule has 0 fully saturated rings. The Morgan fingerprint density at radius 3 is 2.83 bits per heavy atom. The predicted molar refractivity (Wildman–Crippen MR) is 107 cm³/mol. The number of sulfonamides is 1. The zero-order valence-corrected chi connectivity index (χ0v) is 16.8. The van der Waals surface area contributed by atoms with E-state index in [4.69, 9.17) is 20.8 Å². The summed E-state index contributed by atoms with van der Waals surface area (Å²) in [5.41, 5.74) is 1.17. The molecule has 0 saturated carbocycles. The molecule has 8 nitrogen and oxygen atoms in total. The molecule has 0 atom stereocenters. The van der Waals surface area contributed by atoms with Crippen molar-refractivity contribution < 1.29 is 22.4 Å². The van der Waals surface area contributed by atoms with Gasteiger partial charge in [-0.15, -0.1) is 0 Å². The lowest BCUT2D eigenvalue weighted by Crippen LogP contribution is -2.37. The van der Waals surface area contributed by atoms with Crippen molar-refractivity contribution in [1.82, 2.24) is 4.98 Å². The van der Waals surface area contributed by atoms with Gasteiger partial charge in [0, 0.05) is 16.8 Å². The normalized spacial score (nSPS) is 13.5. The molecule has 150 valence electrons. The van der Waals surface area contributed by atoms with Gasteiger partial charge in [-0.25, -0.2) is 13.4 Å². The van der Waals surface area contributed by atoms with Crippen molar-refractivity contribution in [2.24, 2.45) is 0 Å². The molecule has 0 bridgehead atoms. The molecule has 29 heavy (non-hydrogen) atoms. The molecule has 1 aliphatic rings. The van der Waals surface area contributed by atoms with Crippen LogP contribution in [0.4, 0.5) is 11.4 Å². The lowest BCUT2D eigenvalue weighted by atomic mass is 10.2. The Labute approximate surface area is 172 Å². The van der Waals surface area contributed by atoms with Crippen molar-refractivity contribution in [2.45, 2.75) is 11.8 Å². The van der Waals surface area contributed by atoms with E-state index >= 15 is 0 Å². The SMILES string of the molecule is Cc1ncoc1C(=O)Nc1cccc(S(=O)(=O)N2CCOc3cc(Cl)ccc32)c1. The Morgan fingerprint density at radius 2 is 2.07 bits per heavy atom. The van der Waals surface area contributed by atoms with Crippen LogP contribution < -0.4 is 14.4 Å². The molecule has 10 heteroatoms. The summed E-state index contributed by atoms with van der Waals surface area (Å²) in [6.45, 7) is 2.00. The van der Waals surface area contributed by atoms with Crippen LogP contribution in [0.2, 0.25) is 5.02 Å². The third kappa shape index (κ3) is 3.66. The number of aromatic nitrogens is 1. The van der Waals surface area contributed by atoms with E-state index in [0.29, 0.717) is 27.8 Å². The first kappa shape index (κ1) is 19.3. The second-order valence-corrected chi connectivity index (χ2v) is 8.59. The highest BCUT2D eigenvalue weighted by Gasteiger charge is 2.30. The first-order valence-corrected chi connectivity index (χ1v) is 10.4. The van der Waals surface area contributed by atoms with Crippen LogP contribution in [-0.2, 0) is 10.0 Å². The van der Waals surface area contributed by atoms with E-state index in [0.717, 1.165) is 0 Å². The maximum Gasteiger partial charge on any atom is 0.293 e. The number of ether oxygens (including phenoxy) is 1. The largest absolute Gasteiger partial charge is 0.489 e. The summed E-state index contributed by atoms with van der Waals surface area (Å²) in [6, 6.07) is 10.8. The summed E-state index contributed by atoms with van der Waals surface area (Å²) < 4.78 is 38.4. The standard InChI is InChI=1S/C19H16ClN3O5S/c1-12-18(28-11-21-12)19(24)22-14-3-2-4-15(10-14)29(25,26)23-7-8-27-17-9-13(20)5-6-16(17)23/h2-6,9-11H,7-8H2,1H3,(H,22,24). The molecule has 0 unspecified atom stereocenters. The fraction of sp³-hybridized carbons (Fsp3) is 0.158. The van der Waals surface area contributed by atoms with Crippen LogP contribution in [0, 0.1) is 6.92 Å². The lowest BCUT2D eigenvalue weighted by molar-refractivity contribution is 0.0996. The minimum atomic E-state index is -3.89. The maximum atomic E-state index is 13.3. The van der Waals surface area contributed by atoms with Crippen LogP contribution in [0.15, 0.2) is 58.2 Å². The van der Waals surface area contributed by atoms with E-state index < -0.39 is 15.9 Å². The lowest BCUT2D eigenvalue weighted by Gasteiger charge is -2.30. The Kier molecular flexibility index (Phi) is 4.93. The molecule has 2 aromatic carbocycles. The van der Waals surface area contributed by atoms with Gasteiger partial charge in [0.1, 0.15) is 12.4 Å². The fourth-order valence-corrected chi connectivity index (χ4v) is 4.66. The van der Waals surface area contributed by atoms with Gasteiger partial charge in [0.05, 0.1) is 22.8 Å². The second-order valence-electron chi connectivity index (χ2n) is 6.29. The first-order chi connectivity index (χ1) is 13.9. The number of carbonyl (C=O) groups is 1. The maximum absolute atomic E-state index is 13.3. The number of hydrogen-bond donors (Lipinski definition) is 1. The van der Waals surface area contributed by atoms with Crippen molar-refractivity contribution in [2.75, 3.05) is 22.8 Å². The predicted octanol–water partition coefficient (Wildman–Crippen LogP) is 3.48. The highest BCUT2D eigenvalue weighted by Crippen LogP contribution is 2.37. The number of halogens is 1. The number of amides is 1. The number of rotatable bonds is 4. The van der Waals surface area contributed by atoms with E-state index in [1.165, 1.54) is 22.8 Å². The molecule has 0 spiro atoms. The van der Waals surface area contributed by atoms with Crippen LogP contribution in [0.3, 0.4) is 0 Å². The molecule has 0 radical (unpaired) electrons. The number of anilines is 2. The van der Waals surface area contributed by atoms with E-state index in [2.05, 4.69) is 10.3 Å². The minimum absolute atomic E-state index is 0.0346. The number of oxazole rings is 1. The third-order valence-corrected chi connectivity index (χ3v) is 6.42. The summed E-state index contributed by atoms with van der Waals surface area (Å²) in [7, 11) is -3.89. The number of hydrogen-bond acceptors (Lipinski definition) is 6. The third-order valence-electron chi connectivity index (χ3n) is 4.37. The van der Waals surface area contributed by atoms with Gasteiger partial charge in [0.25, 0.3) is 15.9 Å². The van der Waals surface area contributed by atoms with E-state index in [-0.39, 0.29) is 23.8 Å². The van der Waals surface area contributed by atoms with Crippen LogP contribution in [0.1, 0.15) is 16.2 Å². The van der Waals surface area contributed by atoms with Crippen LogP contribution >= 0.6 is 11.6 Å². The molecule has 1 aliphatic heterocycles. The van der Waals surface area contributed by atoms with Crippen LogP contribution in [0.5, 0.6) is 5.75 Å². The monoisotopic (exact) mass is 433 g/mol. The van der Waals surface area contributed by atoms with Gasteiger partial charge in [0.15, 0.2) is 6.39 Å². The average molecular weight is 434 g/mol. The van der Waals surface area contributed by atoms with Crippen molar-refractivity contribution >= 4 is 38.9 Å². The molecule has 1 aromatic heterocycles. The van der Waals surface area contributed by atoms with Gasteiger partial charge in [-0.1, -0.05) is 17.7 Å². The van der Waals surface area contributed by atoms with E-state index in [1.807, 2.05) is 0 Å². The molecule has 0 aliphatic carbocycles. The highest BCUT2D eigenvalue weighted by atomic mass is 35.5. The molecule has 4 rings (SSSR count). The number of benzene rings is 2. The average Bonchev–Trinajstić information content (AvgIpc) is 3.13. The Balaban J connectivity index is 1.65. The van der Waals surface area contributed by atoms with Crippen molar-refractivity contribution in [3.8, 4) is 5.75 Å². The van der Waals surface area contributed by atoms with Gasteiger partial charge in [0.2, 0.25) is 5.76 Å². The van der Waals surface area contributed by atoms with E-state index in [9.17, 15) is 13.2 Å². The number of aryl methyl sites for hydroxylation is 1. The molecular weight excluding hydrogens is 418 g/mol. The zero-order valence-electron chi connectivity index (χ0n) is 15.3. The molecule has 3 aromatic rings. The Morgan fingerprint density at radius 1 is 1.24 bits per heavy atom. The van der Waals surface area contributed by atoms with Crippen LogP contribution in [0.25, 0.3) is 0 Å². The number of fused-ring (bicyclic) bond motifs is 1. The summed E-state index contributed by atoms with van der Waals surface area (Å²) in [6.07, 6.45) is 1.17. The fourth-order valence-electron chi connectivity index (χ4n) is 2.99. The second kappa shape index (κ2) is 7.41. The smallest absolute Gasteiger partial charge is 0.293 e. The van der Waals surface area contributed by atoms with Gasteiger partial charge in [-0.2, -0.15) is 0 Å². The number of nitrogens with zero attached hydrogens (tertiary/aromatic N) is 2. The summed E-state index contributed by atoms with van der Waals surface area (Å²) >= 11 is 5.98. The first-order valence-electron chi connectivity index (χ1n) is 8.63. The molecule has 1 amide bonds.